The molecule has 0 aliphatic carbocycles. The van der Waals surface area contributed by atoms with Crippen molar-refractivity contribution in [1.82, 2.24) is 14.1 Å². The third-order valence-corrected chi connectivity index (χ3v) is 6.29. The third kappa shape index (κ3) is 2.66. The first-order valence-electron chi connectivity index (χ1n) is 7.62. The maximum atomic E-state index is 12.9. The number of fused-ring (bicyclic) bond motifs is 2. The first kappa shape index (κ1) is 15.5. The maximum absolute atomic E-state index is 12.9. The molecule has 8 heteroatoms. The van der Waals surface area contributed by atoms with Gasteiger partial charge in [0.15, 0.2) is 0 Å². The lowest BCUT2D eigenvalue weighted by molar-refractivity contribution is 0.601. The van der Waals surface area contributed by atoms with Gasteiger partial charge in [-0.2, -0.15) is 8.75 Å². The molecule has 2 aromatic carbocycles. The molecule has 0 amide bonds. The Bertz CT molecular complexity index is 1030. The van der Waals surface area contributed by atoms with Crippen molar-refractivity contribution in [3.63, 3.8) is 0 Å². The van der Waals surface area contributed by atoms with Crippen LogP contribution in [0.25, 0.3) is 11.0 Å². The maximum Gasteiger partial charge on any atom is 0.264 e. The van der Waals surface area contributed by atoms with Crippen LogP contribution in [0.15, 0.2) is 35.2 Å². The molecule has 0 atom stereocenters. The SMILES string of the molecule is Cc1ccc2nsnc2c1S(=O)(=O)Nc1ccc2c(c1)CNCC2. The van der Waals surface area contributed by atoms with Crippen LogP contribution in [0.3, 0.4) is 0 Å². The molecule has 2 heterocycles. The second-order valence-electron chi connectivity index (χ2n) is 5.86. The molecule has 3 aromatic rings. The Morgan fingerprint density at radius 1 is 1.17 bits per heavy atom. The highest BCUT2D eigenvalue weighted by atomic mass is 32.2. The van der Waals surface area contributed by atoms with E-state index in [4.69, 9.17) is 0 Å². The van der Waals surface area contributed by atoms with E-state index >= 15 is 0 Å². The highest BCUT2D eigenvalue weighted by Crippen LogP contribution is 2.28. The van der Waals surface area contributed by atoms with Crippen LogP contribution in [-0.2, 0) is 23.0 Å². The zero-order chi connectivity index (χ0) is 16.7. The lowest BCUT2D eigenvalue weighted by atomic mass is 10.0. The van der Waals surface area contributed by atoms with Crippen molar-refractivity contribution in [1.29, 1.82) is 0 Å². The molecule has 1 aliphatic heterocycles. The van der Waals surface area contributed by atoms with Gasteiger partial charge in [-0.05, 0) is 54.8 Å². The summed E-state index contributed by atoms with van der Waals surface area (Å²) in [4.78, 5) is 0.199. The average Bonchev–Trinajstić information content (AvgIpc) is 3.02. The smallest absolute Gasteiger partial charge is 0.264 e. The van der Waals surface area contributed by atoms with Gasteiger partial charge < -0.3 is 5.32 Å². The second kappa shape index (κ2) is 5.80. The highest BCUT2D eigenvalue weighted by Gasteiger charge is 2.23. The van der Waals surface area contributed by atoms with Gasteiger partial charge in [0.25, 0.3) is 10.0 Å². The number of aryl methyl sites for hydroxylation is 1. The van der Waals surface area contributed by atoms with Crippen LogP contribution in [0.1, 0.15) is 16.7 Å². The number of rotatable bonds is 3. The molecule has 0 spiro atoms. The number of sulfonamides is 1. The molecule has 0 saturated heterocycles. The number of nitrogens with zero attached hydrogens (tertiary/aromatic N) is 2. The van der Waals surface area contributed by atoms with Crippen LogP contribution in [0.2, 0.25) is 0 Å². The molecule has 24 heavy (non-hydrogen) atoms. The minimum absolute atomic E-state index is 0.199. The van der Waals surface area contributed by atoms with Gasteiger partial charge in [0, 0.05) is 12.2 Å². The molecular weight excluding hydrogens is 344 g/mol. The van der Waals surface area contributed by atoms with E-state index in [0.717, 1.165) is 36.8 Å². The summed E-state index contributed by atoms with van der Waals surface area (Å²) in [5.41, 5.74) is 4.64. The van der Waals surface area contributed by atoms with Gasteiger partial charge in [-0.3, -0.25) is 4.72 Å². The molecule has 0 bridgehead atoms. The van der Waals surface area contributed by atoms with Gasteiger partial charge in [-0.25, -0.2) is 8.42 Å². The Morgan fingerprint density at radius 2 is 2.04 bits per heavy atom. The summed E-state index contributed by atoms with van der Waals surface area (Å²) in [5, 5.41) is 3.30. The molecule has 0 radical (unpaired) electrons. The van der Waals surface area contributed by atoms with E-state index in [-0.39, 0.29) is 4.90 Å². The normalized spacial score (nSPS) is 14.5. The average molecular weight is 360 g/mol. The Labute approximate surface area is 144 Å². The number of aromatic nitrogens is 2. The summed E-state index contributed by atoms with van der Waals surface area (Å²) in [6, 6.07) is 9.25. The summed E-state index contributed by atoms with van der Waals surface area (Å²) in [6.45, 7) is 3.48. The zero-order valence-electron chi connectivity index (χ0n) is 13.0. The monoisotopic (exact) mass is 360 g/mol. The number of nitrogens with one attached hydrogen (secondary N) is 2. The largest absolute Gasteiger partial charge is 0.312 e. The van der Waals surface area contributed by atoms with Crippen LogP contribution < -0.4 is 10.0 Å². The number of hydrogen-bond acceptors (Lipinski definition) is 6. The van der Waals surface area contributed by atoms with Crippen molar-refractivity contribution < 1.29 is 8.42 Å². The molecule has 6 nitrogen and oxygen atoms in total. The minimum Gasteiger partial charge on any atom is -0.312 e. The van der Waals surface area contributed by atoms with E-state index in [1.54, 1.807) is 19.1 Å². The van der Waals surface area contributed by atoms with E-state index in [2.05, 4.69) is 18.8 Å². The molecular formula is C16H16N4O2S2. The molecule has 1 aliphatic rings. The van der Waals surface area contributed by atoms with E-state index < -0.39 is 10.0 Å². The van der Waals surface area contributed by atoms with Gasteiger partial charge in [-0.1, -0.05) is 12.1 Å². The standard InChI is InChI=1S/C16H16N4O2S2/c1-10-2-5-14-15(19-23-18-14)16(10)24(21,22)20-13-4-3-11-6-7-17-9-12(11)8-13/h2-5,8,17,20H,6-7,9H2,1H3. The van der Waals surface area contributed by atoms with E-state index in [1.165, 1.54) is 5.56 Å². The lowest BCUT2D eigenvalue weighted by Gasteiger charge is -2.18. The molecule has 4 rings (SSSR count). The van der Waals surface area contributed by atoms with Crippen molar-refractivity contribution in [3.05, 3.63) is 47.0 Å². The topological polar surface area (TPSA) is 84.0 Å². The molecule has 124 valence electrons. The van der Waals surface area contributed by atoms with Gasteiger partial charge in [0.2, 0.25) is 0 Å². The summed E-state index contributed by atoms with van der Waals surface area (Å²) >= 11 is 1.02. The van der Waals surface area contributed by atoms with Crippen LogP contribution >= 0.6 is 11.7 Å². The van der Waals surface area contributed by atoms with Crippen molar-refractivity contribution in [2.24, 2.45) is 0 Å². The van der Waals surface area contributed by atoms with Crippen LogP contribution in [-0.4, -0.2) is 23.7 Å². The zero-order valence-corrected chi connectivity index (χ0v) is 14.7. The van der Waals surface area contributed by atoms with Crippen molar-refractivity contribution in [2.45, 2.75) is 24.8 Å². The first-order valence-corrected chi connectivity index (χ1v) is 9.83. The fourth-order valence-corrected chi connectivity index (χ4v) is 5.05. The Balaban J connectivity index is 1.75. The van der Waals surface area contributed by atoms with Crippen LogP contribution in [0.5, 0.6) is 0 Å². The predicted molar refractivity (Wildman–Crippen MR) is 94.8 cm³/mol. The van der Waals surface area contributed by atoms with Gasteiger partial charge in [0.1, 0.15) is 15.9 Å². The van der Waals surface area contributed by atoms with E-state index in [1.807, 2.05) is 18.2 Å². The quantitative estimate of drug-likeness (QED) is 0.749. The molecule has 0 fully saturated rings. The second-order valence-corrected chi connectivity index (χ2v) is 8.01. The predicted octanol–water partition coefficient (Wildman–Crippen LogP) is 2.45. The number of hydrogen-bond donors (Lipinski definition) is 2. The fourth-order valence-electron chi connectivity index (χ4n) is 3.02. The molecule has 0 unspecified atom stereocenters. The molecule has 0 saturated carbocycles. The van der Waals surface area contributed by atoms with E-state index in [9.17, 15) is 8.42 Å². The summed E-state index contributed by atoms with van der Waals surface area (Å²) < 4.78 is 36.8. The number of benzene rings is 2. The highest BCUT2D eigenvalue weighted by molar-refractivity contribution is 7.93. The Morgan fingerprint density at radius 3 is 2.92 bits per heavy atom. The first-order chi connectivity index (χ1) is 11.5. The fraction of sp³-hybridized carbons (Fsp3) is 0.250. The summed E-state index contributed by atoms with van der Waals surface area (Å²) in [6.07, 6.45) is 0.964. The summed E-state index contributed by atoms with van der Waals surface area (Å²) in [7, 11) is -3.73. The minimum atomic E-state index is -3.73. The van der Waals surface area contributed by atoms with E-state index in [0.29, 0.717) is 22.3 Å². The molecule has 1 aromatic heterocycles. The van der Waals surface area contributed by atoms with Gasteiger partial charge in [-0.15, -0.1) is 0 Å². The number of anilines is 1. The Kier molecular flexibility index (Phi) is 3.75. The lowest BCUT2D eigenvalue weighted by Crippen LogP contribution is -2.24. The van der Waals surface area contributed by atoms with Crippen molar-refractivity contribution >= 4 is 38.5 Å². The van der Waals surface area contributed by atoms with Crippen molar-refractivity contribution in [3.8, 4) is 0 Å². The Hall–Kier alpha value is -2.03. The summed E-state index contributed by atoms with van der Waals surface area (Å²) in [5.74, 6) is 0. The van der Waals surface area contributed by atoms with Crippen molar-refractivity contribution in [2.75, 3.05) is 11.3 Å². The molecule has 2 N–H and O–H groups in total. The van der Waals surface area contributed by atoms with Gasteiger partial charge >= 0.3 is 0 Å². The third-order valence-electron chi connectivity index (χ3n) is 4.19. The van der Waals surface area contributed by atoms with Crippen LogP contribution in [0.4, 0.5) is 5.69 Å². The van der Waals surface area contributed by atoms with Gasteiger partial charge in [0.05, 0.1) is 11.7 Å². The van der Waals surface area contributed by atoms with Crippen LogP contribution in [0, 0.1) is 6.92 Å².